The number of ether oxygens (including phenoxy) is 1. The second kappa shape index (κ2) is 6.70. The van der Waals surface area contributed by atoms with Crippen molar-refractivity contribution in [2.45, 2.75) is 12.5 Å². The Kier molecular flexibility index (Phi) is 4.46. The summed E-state index contributed by atoms with van der Waals surface area (Å²) < 4.78 is 5.74. The molecule has 7 nitrogen and oxygen atoms in total. The number of fused-ring (bicyclic) bond motifs is 1. The van der Waals surface area contributed by atoms with Gasteiger partial charge in [-0.2, -0.15) is 5.26 Å². The Morgan fingerprint density at radius 2 is 2.04 bits per heavy atom. The molecule has 0 saturated heterocycles. The monoisotopic (exact) mass is 342 g/mol. The Labute approximate surface area is 141 Å². The van der Waals surface area contributed by atoms with Crippen LogP contribution in [0, 0.1) is 11.3 Å². The molecule has 1 aromatic heterocycles. The lowest BCUT2D eigenvalue weighted by atomic mass is 9.96. The van der Waals surface area contributed by atoms with Crippen molar-refractivity contribution in [3.05, 3.63) is 51.9 Å². The summed E-state index contributed by atoms with van der Waals surface area (Å²) in [6.07, 6.45) is -0.197. The number of nitrogens with zero attached hydrogens (tertiary/aromatic N) is 3. The first-order valence-electron chi connectivity index (χ1n) is 7.13. The topological polar surface area (TPSA) is 124 Å². The van der Waals surface area contributed by atoms with Gasteiger partial charge in [0, 0.05) is 10.4 Å². The first-order valence-corrected chi connectivity index (χ1v) is 7.95. The van der Waals surface area contributed by atoms with Gasteiger partial charge in [-0.1, -0.05) is 40.6 Å². The average molecular weight is 342 g/mol. The molecule has 0 aliphatic carbocycles. The van der Waals surface area contributed by atoms with E-state index in [1.165, 1.54) is 11.3 Å². The summed E-state index contributed by atoms with van der Waals surface area (Å²) in [5.41, 5.74) is 7.88. The van der Waals surface area contributed by atoms with E-state index >= 15 is 0 Å². The third kappa shape index (κ3) is 2.60. The molecule has 0 amide bonds. The highest BCUT2D eigenvalue weighted by atomic mass is 32.1. The van der Waals surface area contributed by atoms with Crippen molar-refractivity contribution >= 4 is 27.8 Å². The molecule has 1 aromatic carbocycles. The Morgan fingerprint density at radius 3 is 2.67 bits per heavy atom. The molecule has 8 heteroatoms. The number of nitrogen functional groups attached to an aromatic ring is 1. The third-order valence-corrected chi connectivity index (χ3v) is 4.90. The van der Waals surface area contributed by atoms with Gasteiger partial charge in [-0.15, -0.1) is 11.3 Å². The number of nitriles is 1. The summed E-state index contributed by atoms with van der Waals surface area (Å²) in [5, 5.41) is 35.2. The lowest BCUT2D eigenvalue weighted by molar-refractivity contribution is 0.0894. The Hall–Kier alpha value is -2.89. The predicted molar refractivity (Wildman–Crippen MR) is 89.8 cm³/mol. The average Bonchev–Trinajstić information content (AvgIpc) is 2.95. The van der Waals surface area contributed by atoms with Crippen LogP contribution in [0.5, 0.6) is 0 Å². The van der Waals surface area contributed by atoms with Gasteiger partial charge in [0.15, 0.2) is 0 Å². The van der Waals surface area contributed by atoms with Gasteiger partial charge in [0.05, 0.1) is 12.2 Å². The fourth-order valence-electron chi connectivity index (χ4n) is 2.72. The standard InChI is InChI=1S/C16H14N4O3S/c17-8-11-10-6-7-23-14(15(10)24-16(11)18)13(20-22)12(19-21)9-4-2-1-3-5-9/h1-5,14,21-22H,6-7,18H2. The van der Waals surface area contributed by atoms with E-state index in [1.54, 1.807) is 24.3 Å². The molecular formula is C16H14N4O3S. The highest BCUT2D eigenvalue weighted by Crippen LogP contribution is 2.40. The molecule has 24 heavy (non-hydrogen) atoms. The maximum Gasteiger partial charge on any atom is 0.143 e. The minimum Gasteiger partial charge on any atom is -0.410 e. The lowest BCUT2D eigenvalue weighted by Crippen LogP contribution is -2.29. The summed E-state index contributed by atoms with van der Waals surface area (Å²) in [6, 6.07) is 10.9. The van der Waals surface area contributed by atoms with Crippen LogP contribution in [-0.2, 0) is 11.2 Å². The second-order valence-electron chi connectivity index (χ2n) is 5.10. The smallest absolute Gasteiger partial charge is 0.143 e. The van der Waals surface area contributed by atoms with Crippen molar-refractivity contribution < 1.29 is 15.2 Å². The van der Waals surface area contributed by atoms with Crippen molar-refractivity contribution in [3.8, 4) is 6.07 Å². The molecule has 2 heterocycles. The molecule has 0 spiro atoms. The van der Waals surface area contributed by atoms with E-state index in [0.29, 0.717) is 34.0 Å². The van der Waals surface area contributed by atoms with Crippen LogP contribution in [-0.4, -0.2) is 28.4 Å². The first kappa shape index (κ1) is 16.0. The molecule has 1 aliphatic rings. The van der Waals surface area contributed by atoms with Crippen molar-refractivity contribution in [1.82, 2.24) is 0 Å². The molecule has 4 N–H and O–H groups in total. The number of rotatable bonds is 3. The number of benzene rings is 1. The first-order chi connectivity index (χ1) is 11.7. The van der Waals surface area contributed by atoms with Crippen LogP contribution in [0.25, 0.3) is 0 Å². The minimum absolute atomic E-state index is 0.0652. The fourth-order valence-corrected chi connectivity index (χ4v) is 3.84. The molecule has 3 rings (SSSR count). The Bertz CT molecular complexity index is 852. The molecule has 0 radical (unpaired) electrons. The third-order valence-electron chi connectivity index (χ3n) is 3.80. The number of hydrogen-bond acceptors (Lipinski definition) is 8. The van der Waals surface area contributed by atoms with E-state index in [-0.39, 0.29) is 11.4 Å². The van der Waals surface area contributed by atoms with Gasteiger partial charge in [0.1, 0.15) is 28.6 Å². The highest BCUT2D eigenvalue weighted by Gasteiger charge is 2.34. The van der Waals surface area contributed by atoms with Gasteiger partial charge in [-0.25, -0.2) is 0 Å². The number of thiophene rings is 1. The highest BCUT2D eigenvalue weighted by molar-refractivity contribution is 7.16. The summed E-state index contributed by atoms with van der Waals surface area (Å²) in [5.74, 6) is 0. The Balaban J connectivity index is 2.07. The van der Waals surface area contributed by atoms with Gasteiger partial charge in [0.25, 0.3) is 0 Å². The van der Waals surface area contributed by atoms with Gasteiger partial charge in [-0.3, -0.25) is 0 Å². The molecule has 0 bridgehead atoms. The SMILES string of the molecule is N#Cc1c(N)sc2c1CCOC2C(=NO)C(=NO)c1ccccc1. The second-order valence-corrected chi connectivity index (χ2v) is 6.18. The molecule has 0 saturated carbocycles. The maximum absolute atomic E-state index is 9.52. The summed E-state index contributed by atoms with van der Waals surface area (Å²) >= 11 is 1.22. The molecule has 1 unspecified atom stereocenters. The number of hydrogen-bond donors (Lipinski definition) is 3. The summed E-state index contributed by atoms with van der Waals surface area (Å²) in [7, 11) is 0. The van der Waals surface area contributed by atoms with Crippen LogP contribution in [0.4, 0.5) is 5.00 Å². The zero-order chi connectivity index (χ0) is 17.1. The fraction of sp³-hybridized carbons (Fsp3) is 0.188. The number of anilines is 1. The molecule has 2 aromatic rings. The molecule has 122 valence electrons. The lowest BCUT2D eigenvalue weighted by Gasteiger charge is -2.24. The summed E-state index contributed by atoms with van der Waals surface area (Å²) in [4.78, 5) is 0.695. The zero-order valence-corrected chi connectivity index (χ0v) is 13.3. The maximum atomic E-state index is 9.52. The van der Waals surface area contributed by atoms with Crippen LogP contribution in [0.15, 0.2) is 40.6 Å². The molecule has 1 atom stereocenters. The van der Waals surface area contributed by atoms with Crippen LogP contribution in [0.2, 0.25) is 0 Å². The number of oxime groups is 2. The van der Waals surface area contributed by atoms with Crippen LogP contribution < -0.4 is 5.73 Å². The van der Waals surface area contributed by atoms with Crippen molar-refractivity contribution in [2.75, 3.05) is 12.3 Å². The normalized spacial score (nSPS) is 18.0. The molecule has 1 aliphatic heterocycles. The van der Waals surface area contributed by atoms with E-state index < -0.39 is 6.10 Å². The van der Waals surface area contributed by atoms with Crippen molar-refractivity contribution in [1.29, 1.82) is 5.26 Å². The molecule has 0 fully saturated rings. The summed E-state index contributed by atoms with van der Waals surface area (Å²) in [6.45, 7) is 0.342. The number of nitrogens with two attached hydrogens (primary N) is 1. The van der Waals surface area contributed by atoms with Gasteiger partial charge < -0.3 is 20.9 Å². The largest absolute Gasteiger partial charge is 0.410 e. The molecular weight excluding hydrogens is 328 g/mol. The van der Waals surface area contributed by atoms with Gasteiger partial charge >= 0.3 is 0 Å². The van der Waals surface area contributed by atoms with Gasteiger partial charge in [-0.05, 0) is 12.0 Å². The van der Waals surface area contributed by atoms with Crippen LogP contribution in [0.1, 0.15) is 27.7 Å². The Morgan fingerprint density at radius 1 is 1.29 bits per heavy atom. The van der Waals surface area contributed by atoms with Crippen molar-refractivity contribution in [3.63, 3.8) is 0 Å². The van der Waals surface area contributed by atoms with Crippen molar-refractivity contribution in [2.24, 2.45) is 10.3 Å². The van der Waals surface area contributed by atoms with Gasteiger partial charge in [0.2, 0.25) is 0 Å². The van der Waals surface area contributed by atoms with Crippen LogP contribution in [0.3, 0.4) is 0 Å². The van der Waals surface area contributed by atoms with E-state index in [1.807, 2.05) is 6.07 Å². The minimum atomic E-state index is -0.751. The van der Waals surface area contributed by atoms with E-state index in [9.17, 15) is 15.7 Å². The quantitative estimate of drug-likeness (QED) is 0.449. The predicted octanol–water partition coefficient (Wildman–Crippen LogP) is 2.52. The van der Waals surface area contributed by atoms with E-state index in [2.05, 4.69) is 16.4 Å². The van der Waals surface area contributed by atoms with E-state index in [0.717, 1.165) is 5.56 Å². The zero-order valence-electron chi connectivity index (χ0n) is 12.5. The van der Waals surface area contributed by atoms with E-state index in [4.69, 9.17) is 10.5 Å². The van der Waals surface area contributed by atoms with Crippen LogP contribution >= 0.6 is 11.3 Å².